The molecule has 120 valence electrons. The molecule has 0 unspecified atom stereocenters. The topological polar surface area (TPSA) is 64.7 Å². The van der Waals surface area contributed by atoms with Crippen molar-refractivity contribution >= 4 is 29.2 Å². The van der Waals surface area contributed by atoms with E-state index in [9.17, 15) is 9.59 Å². The number of nitrogens with one attached hydrogen (secondary N) is 2. The van der Waals surface area contributed by atoms with E-state index in [4.69, 9.17) is 0 Å². The van der Waals surface area contributed by atoms with E-state index >= 15 is 0 Å². The number of hydrogen-bond donors (Lipinski definition) is 2. The van der Waals surface area contributed by atoms with Crippen molar-refractivity contribution in [3.05, 3.63) is 0 Å². The molecule has 0 aromatic rings. The van der Waals surface area contributed by atoms with Crippen LogP contribution in [0.4, 0.5) is 0 Å². The number of hydrogen-bond acceptors (Lipinski definition) is 4. The first-order valence-corrected chi connectivity index (χ1v) is 7.77. The first-order chi connectivity index (χ1) is 9.75. The molecule has 0 aliphatic carbocycles. The largest absolute Gasteiger partial charge is 1.00 e. The summed E-state index contributed by atoms with van der Waals surface area (Å²) in [5.74, 6) is 0.0780. The maximum Gasteiger partial charge on any atom is 1.00 e. The molecule has 0 bridgehead atoms. The van der Waals surface area contributed by atoms with Crippen LogP contribution >= 0.6 is 0 Å². The van der Waals surface area contributed by atoms with E-state index in [1.54, 1.807) is 4.90 Å². The van der Waals surface area contributed by atoms with E-state index in [0.29, 0.717) is 0 Å². The van der Waals surface area contributed by atoms with Gasteiger partial charge in [-0.2, -0.15) is 0 Å². The number of piperazine rings is 2. The minimum Gasteiger partial charge on any atom is -1.00 e. The van der Waals surface area contributed by atoms with E-state index in [1.165, 1.54) is 39.0 Å². The first-order valence-electron chi connectivity index (χ1n) is 7.77. The summed E-state index contributed by atoms with van der Waals surface area (Å²) in [5, 5.41) is 5.99. The van der Waals surface area contributed by atoms with Crippen LogP contribution in [-0.4, -0.2) is 90.3 Å². The molecule has 0 radical (unpaired) electrons. The summed E-state index contributed by atoms with van der Waals surface area (Å²) in [6.07, 6.45) is 4.64. The molecule has 6 nitrogen and oxygen atoms in total. The quantitative estimate of drug-likeness (QED) is 0.440. The molecule has 0 saturated carbocycles. The van der Waals surface area contributed by atoms with Gasteiger partial charge in [-0.1, -0.05) is 0 Å². The second-order valence-electron chi connectivity index (χ2n) is 6.00. The van der Waals surface area contributed by atoms with Gasteiger partial charge in [0.05, 0.1) is 6.54 Å². The molecule has 0 spiro atoms. The molecule has 4 fully saturated rings. The van der Waals surface area contributed by atoms with Gasteiger partial charge in [-0.15, -0.1) is 0 Å². The summed E-state index contributed by atoms with van der Waals surface area (Å²) in [5.41, 5.74) is 0. The van der Waals surface area contributed by atoms with Crippen LogP contribution in [0.3, 0.4) is 0 Å². The fraction of sp³-hybridized carbons (Fsp3) is 0.857. The van der Waals surface area contributed by atoms with Crippen molar-refractivity contribution in [1.82, 2.24) is 20.4 Å². The zero-order valence-electron chi connectivity index (χ0n) is 13.9. The van der Waals surface area contributed by atoms with Crippen LogP contribution < -0.4 is 29.5 Å². The first kappa shape index (κ1) is 20.0. The molecule has 4 heterocycles. The second-order valence-corrected chi connectivity index (χ2v) is 6.00. The predicted octanol–water partition coefficient (Wildman–Crippen LogP) is -4.91. The molecule has 0 aromatic heterocycles. The average molecular weight is 318 g/mol. The zero-order chi connectivity index (χ0) is 13.9. The Bertz CT molecular complexity index is 371. The number of carbonyl (C=O) groups is 2. The second kappa shape index (κ2) is 9.33. The maximum atomic E-state index is 11.1. The fourth-order valence-corrected chi connectivity index (χ4v) is 3.63. The van der Waals surface area contributed by atoms with Gasteiger partial charge in [-0.05, 0) is 32.2 Å². The van der Waals surface area contributed by atoms with Crippen molar-refractivity contribution in [3.63, 3.8) is 0 Å². The normalized spacial score (nSPS) is 30.1. The smallest absolute Gasteiger partial charge is 1.00 e. The molecular formula is C14H28AlLiN4O2. The van der Waals surface area contributed by atoms with Gasteiger partial charge in [-0.25, -0.2) is 0 Å². The van der Waals surface area contributed by atoms with Crippen molar-refractivity contribution in [3.8, 4) is 0 Å². The van der Waals surface area contributed by atoms with Crippen molar-refractivity contribution < 1.29 is 29.9 Å². The Morgan fingerprint density at radius 1 is 1.09 bits per heavy atom. The summed E-state index contributed by atoms with van der Waals surface area (Å²) in [6.45, 7) is 6.03. The van der Waals surface area contributed by atoms with Crippen LogP contribution in [-0.2, 0) is 9.59 Å². The molecule has 4 aliphatic heterocycles. The van der Waals surface area contributed by atoms with E-state index < -0.39 is 0 Å². The van der Waals surface area contributed by atoms with Gasteiger partial charge < -0.3 is 17.0 Å². The van der Waals surface area contributed by atoms with E-state index in [1.807, 2.05) is 0 Å². The maximum absolute atomic E-state index is 11.1. The summed E-state index contributed by atoms with van der Waals surface area (Å²) in [7, 11) is 0. The minimum atomic E-state index is -0.156. The van der Waals surface area contributed by atoms with Gasteiger partial charge in [0.2, 0.25) is 11.8 Å². The molecule has 4 rings (SSSR count). The van der Waals surface area contributed by atoms with Crippen molar-refractivity contribution in [2.45, 2.75) is 37.8 Å². The number of amides is 2. The third-order valence-electron chi connectivity index (χ3n) is 4.74. The van der Waals surface area contributed by atoms with Crippen molar-refractivity contribution in [2.75, 3.05) is 39.3 Å². The molecule has 8 heteroatoms. The number of carbonyl (C=O) groups excluding carboxylic acids is 2. The third-order valence-corrected chi connectivity index (χ3v) is 4.74. The standard InChI is InChI=1S/C7H10N2O2.C7H14N2.Al.Li.4H/c10-6-4-8-7(11)5-2-1-3-9(5)6;1-2-7-6-8-3-5-9(7)4-1;;;;;;/h5H,1-4H2,(H,8,11);7-8H,1-6H2;;;;;;/q;;;+1;;;;-1/t5-;7-;;;;;;/m00....../s1. The van der Waals surface area contributed by atoms with Crippen LogP contribution in [0.5, 0.6) is 0 Å². The van der Waals surface area contributed by atoms with Crippen molar-refractivity contribution in [1.29, 1.82) is 0 Å². The molecule has 4 saturated heterocycles. The molecule has 0 aromatic carbocycles. The Labute approximate surface area is 156 Å². The number of nitrogens with zero attached hydrogens (tertiary/aromatic N) is 2. The van der Waals surface area contributed by atoms with Gasteiger partial charge in [0.25, 0.3) is 0 Å². The molecular weight excluding hydrogens is 290 g/mol. The number of rotatable bonds is 0. The monoisotopic (exact) mass is 318 g/mol. The molecule has 2 N–H and O–H groups in total. The predicted molar refractivity (Wildman–Crippen MR) is 86.3 cm³/mol. The van der Waals surface area contributed by atoms with Crippen molar-refractivity contribution in [2.24, 2.45) is 0 Å². The number of fused-ring (bicyclic) bond motifs is 2. The van der Waals surface area contributed by atoms with E-state index in [0.717, 1.165) is 25.4 Å². The van der Waals surface area contributed by atoms with Crippen LogP contribution in [0.25, 0.3) is 0 Å². The Kier molecular flexibility index (Phi) is 8.49. The van der Waals surface area contributed by atoms with Gasteiger partial charge in [-0.3, -0.25) is 14.5 Å². The van der Waals surface area contributed by atoms with Gasteiger partial charge in [0, 0.05) is 32.2 Å². The Hall–Kier alpha value is -0.0101. The summed E-state index contributed by atoms with van der Waals surface area (Å²) in [4.78, 5) is 26.5. The molecule has 2 atom stereocenters. The summed E-state index contributed by atoms with van der Waals surface area (Å²) in [6, 6.07) is 0.731. The Morgan fingerprint density at radius 2 is 1.86 bits per heavy atom. The third kappa shape index (κ3) is 4.51. The van der Waals surface area contributed by atoms with Crippen LogP contribution in [0.15, 0.2) is 0 Å². The summed E-state index contributed by atoms with van der Waals surface area (Å²) >= 11 is 0. The zero-order valence-corrected chi connectivity index (χ0v) is 12.9. The molecule has 22 heavy (non-hydrogen) atoms. The van der Waals surface area contributed by atoms with Crippen LogP contribution in [0.1, 0.15) is 27.1 Å². The van der Waals surface area contributed by atoms with Gasteiger partial charge in [0.15, 0.2) is 17.4 Å². The average Bonchev–Trinajstić information content (AvgIpc) is 3.12. The fourth-order valence-electron chi connectivity index (χ4n) is 3.63. The van der Waals surface area contributed by atoms with E-state index in [-0.39, 0.29) is 62.0 Å². The van der Waals surface area contributed by atoms with Crippen LogP contribution in [0, 0.1) is 0 Å². The van der Waals surface area contributed by atoms with Crippen LogP contribution in [0.2, 0.25) is 0 Å². The van der Waals surface area contributed by atoms with E-state index in [2.05, 4.69) is 15.5 Å². The van der Waals surface area contributed by atoms with Gasteiger partial charge in [0.1, 0.15) is 6.04 Å². The van der Waals surface area contributed by atoms with Gasteiger partial charge >= 0.3 is 18.9 Å². The SMILES string of the molecule is C1C[C@H]2CNCCN2C1.O=C1NCC(=O)N2CCC[C@@H]12.[AlH3].[H-].[Li+]. The Morgan fingerprint density at radius 3 is 2.59 bits per heavy atom. The molecule has 4 aliphatic rings. The Balaban J connectivity index is 0.000000377. The molecule has 2 amide bonds. The minimum absolute atomic E-state index is 0. The summed E-state index contributed by atoms with van der Waals surface area (Å²) < 4.78 is 0.